The predicted octanol–water partition coefficient (Wildman–Crippen LogP) is 2.56. The molecule has 0 unspecified atom stereocenters. The Morgan fingerprint density at radius 3 is 2.81 bits per heavy atom. The summed E-state index contributed by atoms with van der Waals surface area (Å²) in [5.41, 5.74) is 0.535. The van der Waals surface area contributed by atoms with Crippen molar-refractivity contribution in [3.63, 3.8) is 0 Å². The molecule has 0 aliphatic heterocycles. The first-order valence-electron chi connectivity index (χ1n) is 4.65. The number of hydrogen-bond donors (Lipinski definition) is 1. The van der Waals surface area contributed by atoms with Gasteiger partial charge in [-0.05, 0) is 6.07 Å². The molecule has 0 aliphatic carbocycles. The molecule has 1 heterocycles. The van der Waals surface area contributed by atoms with E-state index in [2.05, 4.69) is 15.5 Å². The van der Waals surface area contributed by atoms with Crippen LogP contribution in [-0.4, -0.2) is 10.2 Å². The van der Waals surface area contributed by atoms with Crippen LogP contribution in [0.15, 0.2) is 28.7 Å². The summed E-state index contributed by atoms with van der Waals surface area (Å²) in [5, 5.41) is 10.2. The van der Waals surface area contributed by atoms with Gasteiger partial charge in [0.2, 0.25) is 5.89 Å². The Labute approximate surface area is 96.4 Å². The van der Waals surface area contributed by atoms with Gasteiger partial charge in [0, 0.05) is 12.1 Å². The summed E-state index contributed by atoms with van der Waals surface area (Å²) in [5.74, 6) is 0.221. The van der Waals surface area contributed by atoms with Crippen molar-refractivity contribution in [1.29, 1.82) is 0 Å². The van der Waals surface area contributed by atoms with Gasteiger partial charge in [-0.2, -0.15) is 0 Å². The zero-order valence-electron chi connectivity index (χ0n) is 8.28. The zero-order chi connectivity index (χ0) is 11.4. The average molecular weight is 242 g/mol. The summed E-state index contributed by atoms with van der Waals surface area (Å²) in [6.45, 7) is 0.288. The molecule has 0 aliphatic rings. The fourth-order valence-electron chi connectivity index (χ4n) is 1.19. The number of alkyl halides is 1. The molecule has 6 heteroatoms. The highest BCUT2D eigenvalue weighted by Crippen LogP contribution is 2.11. The highest BCUT2D eigenvalue weighted by molar-refractivity contribution is 6.16. The maximum absolute atomic E-state index is 13.2. The van der Waals surface area contributed by atoms with Crippen LogP contribution in [0, 0.1) is 5.82 Å². The number of rotatable bonds is 4. The number of hydrogen-bond acceptors (Lipinski definition) is 4. The molecule has 0 radical (unpaired) electrons. The van der Waals surface area contributed by atoms with E-state index < -0.39 is 0 Å². The Kier molecular flexibility index (Phi) is 3.36. The highest BCUT2D eigenvalue weighted by atomic mass is 35.5. The van der Waals surface area contributed by atoms with Crippen LogP contribution in [0.1, 0.15) is 11.5 Å². The Morgan fingerprint density at radius 1 is 1.31 bits per heavy atom. The van der Waals surface area contributed by atoms with Crippen LogP contribution in [0.5, 0.6) is 0 Å². The molecule has 1 N–H and O–H groups in total. The molecule has 0 atom stereocenters. The van der Waals surface area contributed by atoms with Crippen molar-refractivity contribution in [2.75, 3.05) is 5.32 Å². The minimum absolute atomic E-state index is 0.161. The summed E-state index contributed by atoms with van der Waals surface area (Å²) in [6, 6.07) is 6.71. The summed E-state index contributed by atoms with van der Waals surface area (Å²) in [6.07, 6.45) is 0. The Hall–Kier alpha value is -1.62. The van der Waals surface area contributed by atoms with Gasteiger partial charge in [-0.25, -0.2) is 4.39 Å². The van der Waals surface area contributed by atoms with Crippen molar-refractivity contribution in [2.24, 2.45) is 0 Å². The number of benzene rings is 1. The van der Waals surface area contributed by atoms with Crippen LogP contribution in [0.25, 0.3) is 0 Å². The number of anilines is 1. The zero-order valence-corrected chi connectivity index (χ0v) is 9.04. The van der Waals surface area contributed by atoms with Gasteiger partial charge in [-0.3, -0.25) is 0 Å². The van der Waals surface area contributed by atoms with Crippen molar-refractivity contribution in [3.8, 4) is 0 Å². The summed E-state index contributed by atoms with van der Waals surface area (Å²) in [7, 11) is 0. The minimum Gasteiger partial charge on any atom is -0.407 e. The van der Waals surface area contributed by atoms with E-state index in [-0.39, 0.29) is 24.3 Å². The molecule has 0 bridgehead atoms. The molecule has 0 amide bonds. The van der Waals surface area contributed by atoms with E-state index in [9.17, 15) is 4.39 Å². The molecule has 1 aromatic carbocycles. The van der Waals surface area contributed by atoms with Crippen molar-refractivity contribution in [1.82, 2.24) is 10.2 Å². The van der Waals surface area contributed by atoms with E-state index in [0.29, 0.717) is 11.5 Å². The minimum atomic E-state index is -0.271. The molecule has 2 rings (SSSR count). The molecule has 0 saturated carbocycles. The average Bonchev–Trinajstić information content (AvgIpc) is 2.76. The highest BCUT2D eigenvalue weighted by Gasteiger charge is 2.05. The maximum Gasteiger partial charge on any atom is 0.315 e. The standard InChI is InChI=1S/C10H9ClFN3O/c11-5-9-14-15-10(16-9)13-6-7-3-1-2-4-8(7)12/h1-4H,5-6H2,(H,13,15). The van der Waals surface area contributed by atoms with Crippen LogP contribution in [0.3, 0.4) is 0 Å². The van der Waals surface area contributed by atoms with E-state index in [0.717, 1.165) is 0 Å². The number of nitrogens with zero attached hydrogens (tertiary/aromatic N) is 2. The molecule has 84 valence electrons. The second-order valence-corrected chi connectivity index (χ2v) is 3.35. The van der Waals surface area contributed by atoms with Crippen molar-refractivity contribution < 1.29 is 8.81 Å². The molecule has 0 fully saturated rings. The molecule has 16 heavy (non-hydrogen) atoms. The van der Waals surface area contributed by atoms with E-state index in [4.69, 9.17) is 16.0 Å². The van der Waals surface area contributed by atoms with E-state index in [1.807, 2.05) is 0 Å². The van der Waals surface area contributed by atoms with Gasteiger partial charge >= 0.3 is 6.01 Å². The van der Waals surface area contributed by atoms with E-state index in [1.54, 1.807) is 18.2 Å². The predicted molar refractivity (Wildman–Crippen MR) is 57.6 cm³/mol. The lowest BCUT2D eigenvalue weighted by Gasteiger charge is -2.02. The number of aromatic nitrogens is 2. The third-order valence-corrected chi connectivity index (χ3v) is 2.20. The second kappa shape index (κ2) is 4.94. The van der Waals surface area contributed by atoms with Gasteiger partial charge < -0.3 is 9.73 Å². The number of nitrogens with one attached hydrogen (secondary N) is 1. The first kappa shape index (κ1) is 10.9. The lowest BCUT2D eigenvalue weighted by Crippen LogP contribution is -2.01. The summed E-state index contributed by atoms with van der Waals surface area (Å²) in [4.78, 5) is 0. The summed E-state index contributed by atoms with van der Waals surface area (Å²) < 4.78 is 18.3. The van der Waals surface area contributed by atoms with Gasteiger partial charge in [-0.15, -0.1) is 16.7 Å². The van der Waals surface area contributed by atoms with Crippen molar-refractivity contribution in [3.05, 3.63) is 41.5 Å². The van der Waals surface area contributed by atoms with Gasteiger partial charge in [0.15, 0.2) is 0 Å². The van der Waals surface area contributed by atoms with Crippen LogP contribution in [-0.2, 0) is 12.4 Å². The molecule has 1 aromatic heterocycles. The second-order valence-electron chi connectivity index (χ2n) is 3.08. The Morgan fingerprint density at radius 2 is 2.12 bits per heavy atom. The maximum atomic E-state index is 13.2. The molecule has 4 nitrogen and oxygen atoms in total. The molecule has 2 aromatic rings. The Balaban J connectivity index is 1.99. The molecule has 0 saturated heterocycles. The monoisotopic (exact) mass is 241 g/mol. The third-order valence-electron chi connectivity index (χ3n) is 1.97. The first-order chi connectivity index (χ1) is 7.79. The topological polar surface area (TPSA) is 51.0 Å². The van der Waals surface area contributed by atoms with Gasteiger partial charge in [0.25, 0.3) is 0 Å². The van der Waals surface area contributed by atoms with Crippen LogP contribution >= 0.6 is 11.6 Å². The summed E-state index contributed by atoms with van der Waals surface area (Å²) >= 11 is 5.50. The van der Waals surface area contributed by atoms with E-state index >= 15 is 0 Å². The fourth-order valence-corrected chi connectivity index (χ4v) is 1.30. The molecular weight excluding hydrogens is 233 g/mol. The van der Waals surface area contributed by atoms with Gasteiger partial charge in [0.1, 0.15) is 11.7 Å². The normalized spacial score (nSPS) is 10.4. The Bertz CT molecular complexity index is 475. The SMILES string of the molecule is Fc1ccccc1CNc1nnc(CCl)o1. The van der Waals surface area contributed by atoms with Gasteiger partial charge in [0.05, 0.1) is 0 Å². The number of halogens is 2. The van der Waals surface area contributed by atoms with Crippen LogP contribution < -0.4 is 5.32 Å². The van der Waals surface area contributed by atoms with Crippen molar-refractivity contribution >= 4 is 17.6 Å². The fraction of sp³-hybridized carbons (Fsp3) is 0.200. The smallest absolute Gasteiger partial charge is 0.315 e. The van der Waals surface area contributed by atoms with Crippen LogP contribution in [0.2, 0.25) is 0 Å². The van der Waals surface area contributed by atoms with E-state index in [1.165, 1.54) is 6.07 Å². The molecule has 0 spiro atoms. The van der Waals surface area contributed by atoms with Gasteiger partial charge in [-0.1, -0.05) is 23.3 Å². The molecular formula is C10H9ClFN3O. The van der Waals surface area contributed by atoms with Crippen molar-refractivity contribution in [2.45, 2.75) is 12.4 Å². The lowest BCUT2D eigenvalue weighted by molar-refractivity contribution is 0.524. The van der Waals surface area contributed by atoms with Crippen LogP contribution in [0.4, 0.5) is 10.4 Å². The quantitative estimate of drug-likeness (QED) is 0.836. The lowest BCUT2D eigenvalue weighted by atomic mass is 10.2. The largest absolute Gasteiger partial charge is 0.407 e. The first-order valence-corrected chi connectivity index (χ1v) is 5.18. The third kappa shape index (κ3) is 2.49.